The predicted octanol–water partition coefficient (Wildman–Crippen LogP) is 0.904. The van der Waals surface area contributed by atoms with E-state index in [1.165, 1.54) is 0 Å². The summed E-state index contributed by atoms with van der Waals surface area (Å²) in [5, 5.41) is 10.1. The molecule has 12 heavy (non-hydrogen) atoms. The number of H-pyrrole nitrogens is 1. The van der Waals surface area contributed by atoms with Gasteiger partial charge in [-0.25, -0.2) is 10.1 Å². The van der Waals surface area contributed by atoms with Gasteiger partial charge in [-0.3, -0.25) is 0 Å². The van der Waals surface area contributed by atoms with E-state index in [0.29, 0.717) is 10.2 Å². The summed E-state index contributed by atoms with van der Waals surface area (Å²) in [7, 11) is 0. The fraction of sp³-hybridized carbons (Fsp3) is 0.333. The van der Waals surface area contributed by atoms with Crippen LogP contribution in [-0.2, 0) is 6.54 Å². The topological polar surface area (TPSA) is 59.4 Å². The number of hydrogen-bond donors (Lipinski definition) is 1. The second-order valence-electron chi connectivity index (χ2n) is 2.34. The number of aryl methyl sites for hydroxylation is 1. The molecule has 0 unspecified atom stereocenters. The highest BCUT2D eigenvalue weighted by atomic mass is 32.1. The Morgan fingerprint density at radius 2 is 2.50 bits per heavy atom. The molecule has 2 rings (SSSR count). The highest BCUT2D eigenvalue weighted by Crippen LogP contribution is 2.07. The third-order valence-corrected chi connectivity index (χ3v) is 1.95. The lowest BCUT2D eigenvalue weighted by molar-refractivity contribution is 0.759. The van der Waals surface area contributed by atoms with Crippen LogP contribution in [0.3, 0.4) is 0 Å². The molecule has 0 aromatic carbocycles. The number of imidazole rings is 1. The normalized spacial score (nSPS) is 10.8. The van der Waals surface area contributed by atoms with Gasteiger partial charge in [-0.1, -0.05) is 17.4 Å². The van der Waals surface area contributed by atoms with Crippen LogP contribution >= 0.6 is 12.2 Å². The summed E-state index contributed by atoms with van der Waals surface area (Å²) in [6.07, 6.45) is 1.71. The zero-order chi connectivity index (χ0) is 8.55. The van der Waals surface area contributed by atoms with Gasteiger partial charge in [0.25, 0.3) is 0 Å². The van der Waals surface area contributed by atoms with Crippen molar-refractivity contribution >= 4 is 23.4 Å². The first-order valence-electron chi connectivity index (χ1n) is 3.59. The van der Waals surface area contributed by atoms with E-state index in [1.807, 2.05) is 11.5 Å². The SMILES string of the molecule is CCn1cnc2c(=S)[nH]nnc21. The molecule has 2 heterocycles. The maximum Gasteiger partial charge on any atom is 0.187 e. The zero-order valence-corrected chi connectivity index (χ0v) is 7.30. The molecule has 6 heteroatoms. The largest absolute Gasteiger partial charge is 0.314 e. The van der Waals surface area contributed by atoms with Crippen molar-refractivity contribution in [1.82, 2.24) is 25.0 Å². The van der Waals surface area contributed by atoms with Crippen molar-refractivity contribution in [2.45, 2.75) is 13.5 Å². The van der Waals surface area contributed by atoms with E-state index >= 15 is 0 Å². The standard InChI is InChI=1S/C6H7N5S/c1-2-11-3-7-4-5(11)8-10-9-6(4)12/h3H,2H2,1H3,(H,8,9,12). The minimum absolute atomic E-state index is 0.534. The van der Waals surface area contributed by atoms with Gasteiger partial charge in [-0.2, -0.15) is 0 Å². The third kappa shape index (κ3) is 0.918. The van der Waals surface area contributed by atoms with E-state index in [-0.39, 0.29) is 0 Å². The summed E-state index contributed by atoms with van der Waals surface area (Å²) in [6, 6.07) is 0. The van der Waals surface area contributed by atoms with Gasteiger partial charge in [-0.15, -0.1) is 5.10 Å². The molecule has 0 fully saturated rings. The molecule has 5 nitrogen and oxygen atoms in total. The maximum absolute atomic E-state index is 4.98. The van der Waals surface area contributed by atoms with Gasteiger partial charge in [0, 0.05) is 6.54 Å². The van der Waals surface area contributed by atoms with E-state index in [0.717, 1.165) is 12.2 Å². The molecule has 0 saturated heterocycles. The van der Waals surface area contributed by atoms with Crippen molar-refractivity contribution in [1.29, 1.82) is 0 Å². The highest BCUT2D eigenvalue weighted by Gasteiger charge is 2.03. The first-order valence-corrected chi connectivity index (χ1v) is 4.00. The van der Waals surface area contributed by atoms with E-state index in [9.17, 15) is 0 Å². The van der Waals surface area contributed by atoms with Crippen molar-refractivity contribution in [2.24, 2.45) is 0 Å². The van der Waals surface area contributed by atoms with Gasteiger partial charge in [0.05, 0.1) is 6.33 Å². The molecule has 0 amide bonds. The van der Waals surface area contributed by atoms with Crippen LogP contribution in [0.4, 0.5) is 0 Å². The number of rotatable bonds is 1. The van der Waals surface area contributed by atoms with E-state index in [4.69, 9.17) is 12.2 Å². The summed E-state index contributed by atoms with van der Waals surface area (Å²) >= 11 is 4.98. The molecule has 0 atom stereocenters. The van der Waals surface area contributed by atoms with Crippen LogP contribution in [0.1, 0.15) is 6.92 Å². The summed E-state index contributed by atoms with van der Waals surface area (Å²) in [5.41, 5.74) is 1.45. The van der Waals surface area contributed by atoms with Gasteiger partial charge in [-0.05, 0) is 6.92 Å². The number of fused-ring (bicyclic) bond motifs is 1. The quantitative estimate of drug-likeness (QED) is 0.664. The van der Waals surface area contributed by atoms with Crippen LogP contribution in [0.5, 0.6) is 0 Å². The molecule has 0 spiro atoms. The molecule has 0 radical (unpaired) electrons. The average molecular weight is 181 g/mol. The van der Waals surface area contributed by atoms with Gasteiger partial charge in [0.2, 0.25) is 0 Å². The summed E-state index contributed by atoms with van der Waals surface area (Å²) in [6.45, 7) is 2.84. The minimum atomic E-state index is 0.534. The Hall–Kier alpha value is -1.30. The van der Waals surface area contributed by atoms with Crippen LogP contribution in [-0.4, -0.2) is 25.0 Å². The number of hydrogen-bond acceptors (Lipinski definition) is 4. The number of nitrogens with zero attached hydrogens (tertiary/aromatic N) is 4. The van der Waals surface area contributed by atoms with E-state index in [1.54, 1.807) is 6.33 Å². The number of aromatic nitrogens is 5. The lowest BCUT2D eigenvalue weighted by Gasteiger charge is -1.94. The summed E-state index contributed by atoms with van der Waals surface area (Å²) in [4.78, 5) is 4.11. The fourth-order valence-electron chi connectivity index (χ4n) is 1.04. The Labute approximate surface area is 73.4 Å². The van der Waals surface area contributed by atoms with Crippen molar-refractivity contribution < 1.29 is 0 Å². The second-order valence-corrected chi connectivity index (χ2v) is 2.75. The minimum Gasteiger partial charge on any atom is -0.314 e. The predicted molar refractivity (Wildman–Crippen MR) is 46.2 cm³/mol. The second kappa shape index (κ2) is 2.63. The first kappa shape index (κ1) is 7.35. The van der Waals surface area contributed by atoms with Crippen molar-refractivity contribution in [3.8, 4) is 0 Å². The van der Waals surface area contributed by atoms with E-state index < -0.39 is 0 Å². The van der Waals surface area contributed by atoms with Gasteiger partial charge >= 0.3 is 0 Å². The van der Waals surface area contributed by atoms with Crippen LogP contribution in [0.15, 0.2) is 6.33 Å². The Bertz CT molecular complexity index is 456. The smallest absolute Gasteiger partial charge is 0.187 e. The highest BCUT2D eigenvalue weighted by molar-refractivity contribution is 7.71. The molecule has 0 saturated carbocycles. The van der Waals surface area contributed by atoms with E-state index in [2.05, 4.69) is 20.4 Å². The molecule has 0 aliphatic heterocycles. The summed E-state index contributed by atoms with van der Waals surface area (Å²) < 4.78 is 2.43. The monoisotopic (exact) mass is 181 g/mol. The molecule has 0 bridgehead atoms. The Kier molecular flexibility index (Phi) is 1.61. The molecule has 2 aromatic heterocycles. The first-order chi connectivity index (χ1) is 5.83. The Balaban J connectivity index is 2.89. The molecule has 62 valence electrons. The molecular weight excluding hydrogens is 174 g/mol. The lowest BCUT2D eigenvalue weighted by Crippen LogP contribution is -1.96. The van der Waals surface area contributed by atoms with Crippen LogP contribution < -0.4 is 0 Å². The van der Waals surface area contributed by atoms with Crippen molar-refractivity contribution in [3.63, 3.8) is 0 Å². The van der Waals surface area contributed by atoms with Crippen molar-refractivity contribution in [2.75, 3.05) is 0 Å². The average Bonchev–Trinajstić information content (AvgIpc) is 2.49. The zero-order valence-electron chi connectivity index (χ0n) is 6.48. The third-order valence-electron chi connectivity index (χ3n) is 1.66. The van der Waals surface area contributed by atoms with Crippen molar-refractivity contribution in [3.05, 3.63) is 11.0 Å². The molecule has 2 aromatic rings. The van der Waals surface area contributed by atoms with Gasteiger partial charge in [0.1, 0.15) is 5.52 Å². The lowest BCUT2D eigenvalue weighted by atomic mass is 10.6. The van der Waals surface area contributed by atoms with Gasteiger partial charge in [0.15, 0.2) is 10.3 Å². The molecule has 1 N–H and O–H groups in total. The Morgan fingerprint density at radius 1 is 1.67 bits per heavy atom. The van der Waals surface area contributed by atoms with Gasteiger partial charge < -0.3 is 4.57 Å². The van der Waals surface area contributed by atoms with Crippen LogP contribution in [0.2, 0.25) is 0 Å². The van der Waals surface area contributed by atoms with Crippen LogP contribution in [0, 0.1) is 4.64 Å². The molecule has 0 aliphatic carbocycles. The maximum atomic E-state index is 4.98. The number of aromatic amines is 1. The van der Waals surface area contributed by atoms with Crippen LogP contribution in [0.25, 0.3) is 11.2 Å². The fourth-order valence-corrected chi connectivity index (χ4v) is 1.23. The molecular formula is C6H7N5S. The summed E-state index contributed by atoms with van der Waals surface area (Å²) in [5.74, 6) is 0. The molecule has 0 aliphatic rings. The Morgan fingerprint density at radius 3 is 3.25 bits per heavy atom. The number of nitrogens with one attached hydrogen (secondary N) is 1.